The molecule has 4 aliphatic carbocycles. The van der Waals surface area contributed by atoms with Gasteiger partial charge in [0.2, 0.25) is 0 Å². The van der Waals surface area contributed by atoms with E-state index in [0.29, 0.717) is 30.0 Å². The van der Waals surface area contributed by atoms with Gasteiger partial charge in [0, 0.05) is 38.7 Å². The number of allylic oxidation sites excluding steroid dienone is 6. The van der Waals surface area contributed by atoms with Crippen LogP contribution in [0.5, 0.6) is 0 Å². The van der Waals surface area contributed by atoms with Gasteiger partial charge in [0.05, 0.1) is 0 Å². The minimum Gasteiger partial charge on any atom is -0.396 e. The zero-order valence-corrected chi connectivity index (χ0v) is 19.9. The average Bonchev–Trinajstić information content (AvgIpc) is 3.12. The molecule has 0 radical (unpaired) electrons. The lowest BCUT2D eigenvalue weighted by Crippen LogP contribution is -2.42. The molecule has 3 nitrogen and oxygen atoms in total. The van der Waals surface area contributed by atoms with E-state index >= 15 is 0 Å². The quantitative estimate of drug-likeness (QED) is 0.585. The first-order valence-corrected chi connectivity index (χ1v) is 12.5. The fourth-order valence-corrected chi connectivity index (χ4v) is 7.28. The Labute approximate surface area is 192 Å². The molecule has 170 valence electrons. The fourth-order valence-electron chi connectivity index (χ4n) is 7.28. The number of hydrogen-bond acceptors (Lipinski definition) is 3. The van der Waals surface area contributed by atoms with Crippen molar-refractivity contribution in [3.63, 3.8) is 0 Å². The summed E-state index contributed by atoms with van der Waals surface area (Å²) in [6.45, 7) is 2.78. The van der Waals surface area contributed by atoms with E-state index < -0.39 is 0 Å². The van der Waals surface area contributed by atoms with Crippen molar-refractivity contribution in [3.05, 3.63) is 64.3 Å². The summed E-state index contributed by atoms with van der Waals surface area (Å²) in [5, 5.41) is 9.47. The van der Waals surface area contributed by atoms with Crippen LogP contribution in [0.15, 0.2) is 58.7 Å². The molecule has 0 amide bonds. The van der Waals surface area contributed by atoms with Crippen molar-refractivity contribution in [2.24, 2.45) is 17.3 Å². The number of aliphatic hydroxyl groups is 1. The van der Waals surface area contributed by atoms with Crippen LogP contribution in [0.3, 0.4) is 0 Å². The molecule has 1 saturated carbocycles. The Hall–Kier alpha value is -2.13. The smallest absolute Gasteiger partial charge is 0.156 e. The SMILES string of the molecule is CN(C)c1ccc([C@H]2C[C@]3(C)C(CCCO)=CC[C@@H]3[C@@H]3CCC4=CC(=O)CCC4=C32)cc1. The third-order valence-electron chi connectivity index (χ3n) is 8.89. The Morgan fingerprint density at radius 3 is 2.62 bits per heavy atom. The summed E-state index contributed by atoms with van der Waals surface area (Å²) >= 11 is 0. The normalized spacial score (nSPS) is 31.5. The highest BCUT2D eigenvalue weighted by molar-refractivity contribution is 5.93. The number of carbonyl (C=O) groups is 1. The van der Waals surface area contributed by atoms with E-state index in [1.165, 1.54) is 35.2 Å². The van der Waals surface area contributed by atoms with Crippen LogP contribution < -0.4 is 4.90 Å². The Balaban J connectivity index is 1.60. The number of nitrogens with zero attached hydrogens (tertiary/aromatic N) is 1. The molecule has 0 unspecified atom stereocenters. The molecule has 0 heterocycles. The molecule has 32 heavy (non-hydrogen) atoms. The van der Waals surface area contributed by atoms with E-state index in [4.69, 9.17) is 0 Å². The van der Waals surface area contributed by atoms with Gasteiger partial charge >= 0.3 is 0 Å². The maximum absolute atomic E-state index is 12.2. The summed E-state index contributed by atoms with van der Waals surface area (Å²) in [6.07, 6.45) is 12.5. The first kappa shape index (κ1) is 21.7. The van der Waals surface area contributed by atoms with Crippen molar-refractivity contribution >= 4 is 11.5 Å². The minimum atomic E-state index is 0.209. The number of aliphatic hydroxyl groups excluding tert-OH is 1. The number of hydrogen-bond donors (Lipinski definition) is 1. The molecule has 4 atom stereocenters. The van der Waals surface area contributed by atoms with Gasteiger partial charge in [-0.3, -0.25) is 4.79 Å². The van der Waals surface area contributed by atoms with Gasteiger partial charge < -0.3 is 10.0 Å². The lowest BCUT2D eigenvalue weighted by atomic mass is 9.52. The maximum Gasteiger partial charge on any atom is 0.156 e. The Morgan fingerprint density at radius 1 is 1.12 bits per heavy atom. The van der Waals surface area contributed by atoms with E-state index in [9.17, 15) is 9.90 Å². The molecule has 3 heteroatoms. The number of carbonyl (C=O) groups excluding carboxylic acids is 1. The molecule has 1 fully saturated rings. The van der Waals surface area contributed by atoms with Gasteiger partial charge in [-0.25, -0.2) is 0 Å². The first-order valence-electron chi connectivity index (χ1n) is 12.5. The molecule has 0 bridgehead atoms. The number of fused-ring (bicyclic) bond motifs is 4. The van der Waals surface area contributed by atoms with E-state index in [-0.39, 0.29) is 12.0 Å². The van der Waals surface area contributed by atoms with Crippen molar-refractivity contribution in [1.29, 1.82) is 0 Å². The highest BCUT2D eigenvalue weighted by Gasteiger charge is 2.53. The Kier molecular flexibility index (Phi) is 5.65. The highest BCUT2D eigenvalue weighted by Crippen LogP contribution is 2.64. The molecule has 0 aromatic heterocycles. The summed E-state index contributed by atoms with van der Waals surface area (Å²) in [5.41, 5.74) is 8.96. The lowest BCUT2D eigenvalue weighted by molar-refractivity contribution is -0.114. The zero-order chi connectivity index (χ0) is 22.5. The van der Waals surface area contributed by atoms with E-state index in [1.54, 1.807) is 11.1 Å². The van der Waals surface area contributed by atoms with Crippen molar-refractivity contribution in [1.82, 2.24) is 0 Å². The standard InChI is InChI=1S/C29H37NO2/c1-29-18-26(19-6-10-22(11-7-19)30(2)3)28-24-14-12-23(32)17-20(24)8-13-25(28)27(29)15-9-21(29)5-4-16-31/h6-7,9-11,17,25-27,31H,4-5,8,12-16,18H2,1-3H3/t25-,26+,27+,29+/m0/s1. The molecular formula is C29H37NO2. The first-order chi connectivity index (χ1) is 15.4. The van der Waals surface area contributed by atoms with Gasteiger partial charge in [-0.15, -0.1) is 0 Å². The van der Waals surface area contributed by atoms with Crippen LogP contribution in [0.25, 0.3) is 0 Å². The summed E-state index contributed by atoms with van der Waals surface area (Å²) in [4.78, 5) is 14.3. The average molecular weight is 432 g/mol. The Bertz CT molecular complexity index is 996. The molecule has 1 aromatic carbocycles. The van der Waals surface area contributed by atoms with Crippen LogP contribution in [0, 0.1) is 17.3 Å². The zero-order valence-electron chi connectivity index (χ0n) is 19.9. The topological polar surface area (TPSA) is 40.5 Å². The van der Waals surface area contributed by atoms with Gasteiger partial charge in [-0.2, -0.15) is 0 Å². The summed E-state index contributed by atoms with van der Waals surface area (Å²) < 4.78 is 0. The molecule has 1 N–H and O–H groups in total. The number of ketones is 1. The van der Waals surface area contributed by atoms with Crippen molar-refractivity contribution < 1.29 is 9.90 Å². The largest absolute Gasteiger partial charge is 0.396 e. The molecule has 0 saturated heterocycles. The van der Waals surface area contributed by atoms with Gasteiger partial charge in [-0.1, -0.05) is 36.3 Å². The molecule has 5 rings (SSSR count). The monoisotopic (exact) mass is 431 g/mol. The number of anilines is 1. The molecule has 4 aliphatic rings. The number of benzene rings is 1. The number of rotatable bonds is 5. The van der Waals surface area contributed by atoms with Gasteiger partial charge in [-0.05, 0) is 97.1 Å². The van der Waals surface area contributed by atoms with Crippen molar-refractivity contribution in [2.75, 3.05) is 25.6 Å². The third-order valence-corrected chi connectivity index (χ3v) is 8.89. The van der Waals surface area contributed by atoms with Crippen LogP contribution in [-0.4, -0.2) is 31.6 Å². The van der Waals surface area contributed by atoms with Gasteiger partial charge in [0.25, 0.3) is 0 Å². The minimum absolute atomic E-state index is 0.209. The molecule has 0 aliphatic heterocycles. The summed E-state index contributed by atoms with van der Waals surface area (Å²) in [5.74, 6) is 2.00. The predicted octanol–water partition coefficient (Wildman–Crippen LogP) is 5.96. The van der Waals surface area contributed by atoms with Crippen LogP contribution in [0.2, 0.25) is 0 Å². The van der Waals surface area contributed by atoms with Gasteiger partial charge in [0.15, 0.2) is 5.78 Å². The summed E-state index contributed by atoms with van der Waals surface area (Å²) in [6, 6.07) is 9.19. The van der Waals surface area contributed by atoms with E-state index in [1.807, 2.05) is 6.08 Å². The van der Waals surface area contributed by atoms with E-state index in [0.717, 1.165) is 32.1 Å². The van der Waals surface area contributed by atoms with Crippen LogP contribution in [-0.2, 0) is 4.79 Å². The predicted molar refractivity (Wildman–Crippen MR) is 131 cm³/mol. The lowest BCUT2D eigenvalue weighted by Gasteiger charge is -2.52. The van der Waals surface area contributed by atoms with Crippen LogP contribution >= 0.6 is 0 Å². The van der Waals surface area contributed by atoms with Crippen molar-refractivity contribution in [3.8, 4) is 0 Å². The second-order valence-corrected chi connectivity index (χ2v) is 10.8. The van der Waals surface area contributed by atoms with Crippen molar-refractivity contribution in [2.45, 2.75) is 64.2 Å². The third kappa shape index (κ3) is 3.50. The molecular weight excluding hydrogens is 394 g/mol. The fraction of sp³-hybridized carbons (Fsp3) is 0.552. The summed E-state index contributed by atoms with van der Waals surface area (Å²) in [7, 11) is 4.19. The molecule has 0 spiro atoms. The molecule has 1 aromatic rings. The second kappa shape index (κ2) is 8.33. The van der Waals surface area contributed by atoms with Crippen LogP contribution in [0.4, 0.5) is 5.69 Å². The highest BCUT2D eigenvalue weighted by atomic mass is 16.2. The van der Waals surface area contributed by atoms with Crippen LogP contribution in [0.1, 0.15) is 69.8 Å². The van der Waals surface area contributed by atoms with Gasteiger partial charge in [0.1, 0.15) is 0 Å². The van der Waals surface area contributed by atoms with E-state index in [2.05, 4.69) is 56.3 Å². The second-order valence-electron chi connectivity index (χ2n) is 10.8. The maximum atomic E-state index is 12.2. The Morgan fingerprint density at radius 2 is 1.91 bits per heavy atom.